The van der Waals surface area contributed by atoms with Crippen molar-refractivity contribution in [3.8, 4) is 0 Å². The molecule has 9 nitrogen and oxygen atoms in total. The van der Waals surface area contributed by atoms with E-state index in [1.54, 1.807) is 12.1 Å². The van der Waals surface area contributed by atoms with E-state index in [-0.39, 0.29) is 34.8 Å². The van der Waals surface area contributed by atoms with Crippen LogP contribution in [-0.4, -0.2) is 34.1 Å². The molecule has 0 saturated carbocycles. The maximum absolute atomic E-state index is 12.4. The highest BCUT2D eigenvalue weighted by atomic mass is 35.5. The van der Waals surface area contributed by atoms with Gasteiger partial charge >= 0.3 is 12.0 Å². The first-order chi connectivity index (χ1) is 14.6. The Labute approximate surface area is 186 Å². The molecule has 2 heterocycles. The molecule has 1 aromatic carbocycles. The zero-order valence-corrected chi connectivity index (χ0v) is 18.8. The average molecular weight is 447 g/mol. The number of anilines is 3. The quantitative estimate of drug-likeness (QED) is 0.547. The molecule has 1 aromatic heterocycles. The fourth-order valence-electron chi connectivity index (χ4n) is 3.53. The first-order valence-corrected chi connectivity index (χ1v) is 10.5. The number of amides is 2. The fourth-order valence-corrected chi connectivity index (χ4v) is 3.93. The van der Waals surface area contributed by atoms with Crippen LogP contribution in [0, 0.1) is 0 Å². The van der Waals surface area contributed by atoms with Crippen molar-refractivity contribution in [1.82, 2.24) is 15.3 Å². The second-order valence-electron chi connectivity index (χ2n) is 8.18. The third-order valence-corrected chi connectivity index (χ3v) is 5.44. The van der Waals surface area contributed by atoms with Gasteiger partial charge < -0.3 is 15.9 Å². The number of aromatic nitrogens is 2. The summed E-state index contributed by atoms with van der Waals surface area (Å²) in [5, 5.41) is 3.52. The second kappa shape index (κ2) is 8.97. The minimum absolute atomic E-state index is 0.0166. The predicted molar refractivity (Wildman–Crippen MR) is 120 cm³/mol. The van der Waals surface area contributed by atoms with E-state index < -0.39 is 5.97 Å². The number of nitrogen functional groups attached to an aromatic ring is 1. The minimum Gasteiger partial charge on any atom is -0.383 e. The molecule has 0 radical (unpaired) electrons. The van der Waals surface area contributed by atoms with Crippen LogP contribution in [0.3, 0.4) is 0 Å². The Morgan fingerprint density at radius 1 is 1.45 bits per heavy atom. The van der Waals surface area contributed by atoms with Gasteiger partial charge in [-0.3, -0.25) is 4.90 Å². The van der Waals surface area contributed by atoms with Gasteiger partial charge in [-0.15, -0.1) is 0 Å². The number of carbonyl (C=O) groups excluding carboxylic acids is 2. The minimum atomic E-state index is -0.755. The standard InChI is InChI=1S/C21H27ClN6O3/c1-5-8-21(4)11-28(20(30)26-21)19-24-10-15(17(23)25-19)18(29)31-27-13-6-7-14(12(2)3)16(22)9-13/h6-7,9-10,12,27H,5,8,11H2,1-4H3,(H,26,30)(H2,23,24,25). The van der Waals surface area contributed by atoms with Gasteiger partial charge in [0, 0.05) is 11.2 Å². The smallest absolute Gasteiger partial charge is 0.368 e. The van der Waals surface area contributed by atoms with Crippen LogP contribution in [0.4, 0.5) is 22.2 Å². The Morgan fingerprint density at radius 2 is 2.19 bits per heavy atom. The molecule has 4 N–H and O–H groups in total. The number of nitrogens with one attached hydrogen (secondary N) is 2. The van der Waals surface area contributed by atoms with Gasteiger partial charge in [0.1, 0.15) is 11.4 Å². The summed E-state index contributed by atoms with van der Waals surface area (Å²) in [7, 11) is 0. The van der Waals surface area contributed by atoms with Crippen molar-refractivity contribution in [2.45, 2.75) is 52.0 Å². The molecule has 2 amide bonds. The summed E-state index contributed by atoms with van der Waals surface area (Å²) >= 11 is 6.26. The number of halogens is 1. The molecule has 3 rings (SSSR count). The summed E-state index contributed by atoms with van der Waals surface area (Å²) in [6.45, 7) is 8.51. The fraction of sp³-hybridized carbons (Fsp3) is 0.429. The summed E-state index contributed by atoms with van der Waals surface area (Å²) in [5.74, 6) is -0.427. The summed E-state index contributed by atoms with van der Waals surface area (Å²) in [5.41, 5.74) is 9.64. The third-order valence-electron chi connectivity index (χ3n) is 5.11. The van der Waals surface area contributed by atoms with Gasteiger partial charge in [0.15, 0.2) is 0 Å². The number of hydrogen-bond acceptors (Lipinski definition) is 7. The molecule has 1 aliphatic heterocycles. The number of nitrogens with two attached hydrogens (primary N) is 1. The van der Waals surface area contributed by atoms with E-state index >= 15 is 0 Å². The first kappa shape index (κ1) is 22.6. The van der Waals surface area contributed by atoms with Crippen LogP contribution in [0.2, 0.25) is 5.02 Å². The molecule has 1 aliphatic rings. The molecular weight excluding hydrogens is 420 g/mol. The van der Waals surface area contributed by atoms with Gasteiger partial charge in [-0.25, -0.2) is 20.1 Å². The molecule has 0 aliphatic carbocycles. The Hall–Kier alpha value is -3.07. The van der Waals surface area contributed by atoms with Crippen LogP contribution in [0.15, 0.2) is 24.4 Å². The van der Waals surface area contributed by atoms with E-state index in [9.17, 15) is 9.59 Å². The SMILES string of the molecule is CCCC1(C)CN(c2ncc(C(=O)ONc3ccc(C(C)C)c(Cl)c3)c(N)n2)C(=O)N1. The average Bonchev–Trinajstić information content (AvgIpc) is 3.00. The van der Waals surface area contributed by atoms with E-state index in [1.807, 2.05) is 26.8 Å². The van der Waals surface area contributed by atoms with Crippen molar-refractivity contribution in [2.24, 2.45) is 0 Å². The highest BCUT2D eigenvalue weighted by Gasteiger charge is 2.40. The summed E-state index contributed by atoms with van der Waals surface area (Å²) in [6.07, 6.45) is 3.00. The predicted octanol–water partition coefficient (Wildman–Crippen LogP) is 4.11. The molecule has 0 bridgehead atoms. The summed E-state index contributed by atoms with van der Waals surface area (Å²) < 4.78 is 0. The first-order valence-electron chi connectivity index (χ1n) is 10.1. The normalized spacial score (nSPS) is 18.3. The lowest BCUT2D eigenvalue weighted by molar-refractivity contribution is 0.0597. The number of hydrogen-bond donors (Lipinski definition) is 3. The molecule has 1 saturated heterocycles. The molecule has 1 atom stereocenters. The molecule has 10 heteroatoms. The van der Waals surface area contributed by atoms with E-state index in [2.05, 4.69) is 27.7 Å². The Morgan fingerprint density at radius 3 is 2.81 bits per heavy atom. The molecular formula is C21H27ClN6O3. The van der Waals surface area contributed by atoms with Crippen molar-refractivity contribution in [2.75, 3.05) is 22.7 Å². The van der Waals surface area contributed by atoms with Gasteiger partial charge in [-0.1, -0.05) is 44.9 Å². The third kappa shape index (κ3) is 4.99. The van der Waals surface area contributed by atoms with E-state index in [1.165, 1.54) is 11.1 Å². The second-order valence-corrected chi connectivity index (χ2v) is 8.59. The van der Waals surface area contributed by atoms with Crippen LogP contribution in [0.25, 0.3) is 0 Å². The Balaban J connectivity index is 1.68. The van der Waals surface area contributed by atoms with Crippen LogP contribution in [0.1, 0.15) is 62.4 Å². The maximum Gasteiger partial charge on any atom is 0.368 e. The largest absolute Gasteiger partial charge is 0.383 e. The highest BCUT2D eigenvalue weighted by molar-refractivity contribution is 6.31. The van der Waals surface area contributed by atoms with Gasteiger partial charge in [0.05, 0.1) is 17.8 Å². The summed E-state index contributed by atoms with van der Waals surface area (Å²) in [4.78, 5) is 39.5. The number of carbonyl (C=O) groups is 2. The van der Waals surface area contributed by atoms with Crippen LogP contribution >= 0.6 is 11.6 Å². The number of rotatable bonds is 7. The van der Waals surface area contributed by atoms with E-state index in [4.69, 9.17) is 22.2 Å². The van der Waals surface area contributed by atoms with E-state index in [0.29, 0.717) is 17.3 Å². The monoisotopic (exact) mass is 446 g/mol. The van der Waals surface area contributed by atoms with Crippen LogP contribution < -0.4 is 21.4 Å². The maximum atomic E-state index is 12.4. The van der Waals surface area contributed by atoms with E-state index in [0.717, 1.165) is 18.4 Å². The molecule has 2 aromatic rings. The highest BCUT2D eigenvalue weighted by Crippen LogP contribution is 2.28. The number of benzene rings is 1. The van der Waals surface area contributed by atoms with Gasteiger partial charge in [0.25, 0.3) is 0 Å². The molecule has 166 valence electrons. The van der Waals surface area contributed by atoms with Crippen molar-refractivity contribution in [3.63, 3.8) is 0 Å². The molecule has 1 unspecified atom stereocenters. The lowest BCUT2D eigenvalue weighted by Crippen LogP contribution is -2.39. The van der Waals surface area contributed by atoms with Crippen LogP contribution in [-0.2, 0) is 4.84 Å². The topological polar surface area (TPSA) is 122 Å². The number of urea groups is 1. The zero-order chi connectivity index (χ0) is 22.8. The van der Waals surface area contributed by atoms with Crippen molar-refractivity contribution >= 4 is 41.1 Å². The molecule has 0 spiro atoms. The van der Waals surface area contributed by atoms with Gasteiger partial charge in [-0.05, 0) is 37.0 Å². The molecule has 31 heavy (non-hydrogen) atoms. The van der Waals surface area contributed by atoms with Crippen molar-refractivity contribution in [3.05, 3.63) is 40.5 Å². The lowest BCUT2D eigenvalue weighted by Gasteiger charge is -2.22. The van der Waals surface area contributed by atoms with Crippen molar-refractivity contribution in [1.29, 1.82) is 0 Å². The molecule has 1 fully saturated rings. The van der Waals surface area contributed by atoms with Gasteiger partial charge in [0.2, 0.25) is 5.95 Å². The summed E-state index contributed by atoms with van der Waals surface area (Å²) in [6, 6.07) is 5.00. The number of nitrogens with zero attached hydrogens (tertiary/aromatic N) is 3. The van der Waals surface area contributed by atoms with Gasteiger partial charge in [-0.2, -0.15) is 4.98 Å². The van der Waals surface area contributed by atoms with Crippen LogP contribution in [0.5, 0.6) is 0 Å². The Kier molecular flexibility index (Phi) is 6.54. The lowest BCUT2D eigenvalue weighted by atomic mass is 9.98. The van der Waals surface area contributed by atoms with Crippen molar-refractivity contribution < 1.29 is 14.4 Å². The zero-order valence-electron chi connectivity index (χ0n) is 18.0. The Bertz CT molecular complexity index is 999.